The van der Waals surface area contributed by atoms with Crippen LogP contribution in [0.2, 0.25) is 0 Å². The standard InChI is InChI=1S/C9H11F3N2O/c1-6(13)4-14-5-7(9(10,11)12)2-3-8(14)15/h2-3,5-6H,4,13H2,1H3. The Morgan fingerprint density at radius 1 is 1.47 bits per heavy atom. The van der Waals surface area contributed by atoms with Gasteiger partial charge in [0.05, 0.1) is 5.56 Å². The Balaban J connectivity index is 3.11. The van der Waals surface area contributed by atoms with Gasteiger partial charge in [-0.3, -0.25) is 4.79 Å². The first-order chi connectivity index (χ1) is 6.80. The SMILES string of the molecule is CC(N)Cn1cc(C(F)(F)F)ccc1=O. The molecule has 0 aliphatic heterocycles. The normalized spacial score (nSPS) is 13.9. The van der Waals surface area contributed by atoms with Crippen molar-refractivity contribution in [1.29, 1.82) is 0 Å². The largest absolute Gasteiger partial charge is 0.417 e. The first-order valence-electron chi connectivity index (χ1n) is 4.34. The molecule has 3 nitrogen and oxygen atoms in total. The maximum absolute atomic E-state index is 12.3. The highest BCUT2D eigenvalue weighted by molar-refractivity contribution is 5.13. The maximum Gasteiger partial charge on any atom is 0.417 e. The number of alkyl halides is 3. The molecule has 0 fully saturated rings. The van der Waals surface area contributed by atoms with Gasteiger partial charge in [0.15, 0.2) is 0 Å². The summed E-state index contributed by atoms with van der Waals surface area (Å²) in [6.45, 7) is 1.69. The number of nitrogens with zero attached hydrogens (tertiary/aromatic N) is 1. The minimum absolute atomic E-state index is 0.0722. The van der Waals surface area contributed by atoms with Gasteiger partial charge in [-0.05, 0) is 13.0 Å². The number of aromatic nitrogens is 1. The van der Waals surface area contributed by atoms with E-state index in [-0.39, 0.29) is 12.6 Å². The number of hydrogen-bond donors (Lipinski definition) is 1. The summed E-state index contributed by atoms with van der Waals surface area (Å²) in [5, 5.41) is 0. The van der Waals surface area contributed by atoms with Crippen LogP contribution >= 0.6 is 0 Å². The first-order valence-corrected chi connectivity index (χ1v) is 4.34. The van der Waals surface area contributed by atoms with Crippen LogP contribution < -0.4 is 11.3 Å². The Morgan fingerprint density at radius 2 is 2.07 bits per heavy atom. The fourth-order valence-electron chi connectivity index (χ4n) is 1.15. The molecular formula is C9H11F3N2O. The minimum Gasteiger partial charge on any atom is -0.326 e. The van der Waals surface area contributed by atoms with Crippen molar-refractivity contribution >= 4 is 0 Å². The zero-order valence-corrected chi connectivity index (χ0v) is 8.08. The molecule has 0 aromatic carbocycles. The second-order valence-corrected chi connectivity index (χ2v) is 3.38. The Labute approximate surface area is 84.3 Å². The highest BCUT2D eigenvalue weighted by Crippen LogP contribution is 2.27. The van der Waals surface area contributed by atoms with Gasteiger partial charge >= 0.3 is 6.18 Å². The summed E-state index contributed by atoms with van der Waals surface area (Å²) in [4.78, 5) is 11.2. The second kappa shape index (κ2) is 4.06. The number of halogens is 3. The van der Waals surface area contributed by atoms with E-state index < -0.39 is 17.3 Å². The lowest BCUT2D eigenvalue weighted by Gasteiger charge is -2.12. The molecule has 2 N–H and O–H groups in total. The lowest BCUT2D eigenvalue weighted by Crippen LogP contribution is -2.30. The molecule has 1 aromatic rings. The second-order valence-electron chi connectivity index (χ2n) is 3.38. The van der Waals surface area contributed by atoms with Crippen LogP contribution in [0.15, 0.2) is 23.1 Å². The summed E-state index contributed by atoms with van der Waals surface area (Å²) in [7, 11) is 0. The van der Waals surface area contributed by atoms with Gasteiger partial charge < -0.3 is 10.3 Å². The molecule has 1 rings (SSSR count). The van der Waals surface area contributed by atoms with Crippen molar-refractivity contribution in [2.24, 2.45) is 5.73 Å². The zero-order chi connectivity index (χ0) is 11.6. The van der Waals surface area contributed by atoms with Crippen LogP contribution in [0.4, 0.5) is 13.2 Å². The molecule has 1 aromatic heterocycles. The monoisotopic (exact) mass is 220 g/mol. The number of pyridine rings is 1. The van der Waals surface area contributed by atoms with Crippen LogP contribution in [0, 0.1) is 0 Å². The van der Waals surface area contributed by atoms with Gasteiger partial charge in [0.2, 0.25) is 0 Å². The lowest BCUT2D eigenvalue weighted by atomic mass is 10.2. The number of nitrogens with two attached hydrogens (primary N) is 1. The minimum atomic E-state index is -4.44. The van der Waals surface area contributed by atoms with Gasteiger partial charge in [-0.1, -0.05) is 0 Å². The molecule has 84 valence electrons. The van der Waals surface area contributed by atoms with Gasteiger partial charge in [0.1, 0.15) is 0 Å². The highest BCUT2D eigenvalue weighted by Gasteiger charge is 2.30. The quantitative estimate of drug-likeness (QED) is 0.814. The summed E-state index contributed by atoms with van der Waals surface area (Å²) < 4.78 is 37.8. The van der Waals surface area contributed by atoms with Crippen LogP contribution in [-0.2, 0) is 12.7 Å². The van der Waals surface area contributed by atoms with E-state index in [2.05, 4.69) is 0 Å². The molecule has 6 heteroatoms. The van der Waals surface area contributed by atoms with Gasteiger partial charge in [0, 0.05) is 24.8 Å². The summed E-state index contributed by atoms with van der Waals surface area (Å²) in [6, 6.07) is 1.29. The molecule has 1 heterocycles. The molecule has 0 radical (unpaired) electrons. The molecule has 15 heavy (non-hydrogen) atoms. The van der Waals surface area contributed by atoms with E-state index in [0.29, 0.717) is 0 Å². The molecule has 1 atom stereocenters. The average Bonchev–Trinajstić information content (AvgIpc) is 2.06. The Kier molecular flexibility index (Phi) is 3.18. The van der Waals surface area contributed by atoms with Crippen LogP contribution in [-0.4, -0.2) is 10.6 Å². The molecule has 0 saturated heterocycles. The van der Waals surface area contributed by atoms with Crippen molar-refractivity contribution in [2.75, 3.05) is 0 Å². The van der Waals surface area contributed by atoms with Crippen molar-refractivity contribution in [3.63, 3.8) is 0 Å². The third-order valence-electron chi connectivity index (χ3n) is 1.80. The summed E-state index contributed by atoms with van der Waals surface area (Å²) in [5.41, 5.74) is 4.08. The Hall–Kier alpha value is -1.30. The predicted octanol–water partition coefficient (Wildman–Crippen LogP) is 1.21. The van der Waals surface area contributed by atoms with E-state index in [1.807, 2.05) is 0 Å². The number of hydrogen-bond acceptors (Lipinski definition) is 2. The molecule has 0 aliphatic carbocycles. The molecule has 0 saturated carbocycles. The van der Waals surface area contributed by atoms with E-state index >= 15 is 0 Å². The lowest BCUT2D eigenvalue weighted by molar-refractivity contribution is -0.138. The highest BCUT2D eigenvalue weighted by atomic mass is 19.4. The van der Waals surface area contributed by atoms with Gasteiger partial charge in [-0.2, -0.15) is 13.2 Å². The topological polar surface area (TPSA) is 48.0 Å². The summed E-state index contributed by atoms with van der Waals surface area (Å²) in [6.07, 6.45) is -3.65. The maximum atomic E-state index is 12.3. The molecular weight excluding hydrogens is 209 g/mol. The van der Waals surface area contributed by atoms with Crippen molar-refractivity contribution in [3.8, 4) is 0 Å². The molecule has 0 bridgehead atoms. The van der Waals surface area contributed by atoms with Crippen LogP contribution in [0.1, 0.15) is 12.5 Å². The Morgan fingerprint density at radius 3 is 2.53 bits per heavy atom. The zero-order valence-electron chi connectivity index (χ0n) is 8.08. The van der Waals surface area contributed by atoms with Gasteiger partial charge in [0.25, 0.3) is 5.56 Å². The summed E-state index contributed by atoms with van der Waals surface area (Å²) in [5.74, 6) is 0. The van der Waals surface area contributed by atoms with E-state index in [1.165, 1.54) is 0 Å². The van der Waals surface area contributed by atoms with E-state index in [4.69, 9.17) is 5.73 Å². The van der Waals surface area contributed by atoms with Crippen molar-refractivity contribution in [1.82, 2.24) is 4.57 Å². The molecule has 0 aliphatic rings. The Bertz CT molecular complexity index is 395. The van der Waals surface area contributed by atoms with Crippen molar-refractivity contribution in [3.05, 3.63) is 34.2 Å². The predicted molar refractivity (Wildman–Crippen MR) is 49.4 cm³/mol. The van der Waals surface area contributed by atoms with Crippen LogP contribution in [0.3, 0.4) is 0 Å². The van der Waals surface area contributed by atoms with Gasteiger partial charge in [-0.25, -0.2) is 0 Å². The fourth-order valence-corrected chi connectivity index (χ4v) is 1.15. The third kappa shape index (κ3) is 3.09. The molecule has 0 spiro atoms. The van der Waals surface area contributed by atoms with E-state index in [9.17, 15) is 18.0 Å². The van der Waals surface area contributed by atoms with Crippen LogP contribution in [0.25, 0.3) is 0 Å². The first kappa shape index (κ1) is 11.8. The third-order valence-corrected chi connectivity index (χ3v) is 1.80. The number of rotatable bonds is 2. The van der Waals surface area contributed by atoms with E-state index in [0.717, 1.165) is 22.9 Å². The molecule has 1 unspecified atom stereocenters. The van der Waals surface area contributed by atoms with E-state index in [1.54, 1.807) is 6.92 Å². The van der Waals surface area contributed by atoms with Gasteiger partial charge in [-0.15, -0.1) is 0 Å². The van der Waals surface area contributed by atoms with Crippen molar-refractivity contribution in [2.45, 2.75) is 25.7 Å². The average molecular weight is 220 g/mol. The smallest absolute Gasteiger partial charge is 0.326 e. The van der Waals surface area contributed by atoms with Crippen molar-refractivity contribution < 1.29 is 13.2 Å². The fraction of sp³-hybridized carbons (Fsp3) is 0.444. The molecule has 0 amide bonds. The van der Waals surface area contributed by atoms with Crippen LogP contribution in [0.5, 0.6) is 0 Å². The summed E-state index contributed by atoms with van der Waals surface area (Å²) >= 11 is 0.